The van der Waals surface area contributed by atoms with E-state index in [-0.39, 0.29) is 38.6 Å². The number of ether oxygens (including phenoxy) is 4. The minimum Gasteiger partial charge on any atom is -0.508 e. The molecule has 16 heteroatoms. The lowest BCUT2D eigenvalue weighted by Crippen LogP contribution is -2.60. The maximum atomic E-state index is 14.6. The van der Waals surface area contributed by atoms with Crippen molar-refractivity contribution in [3.8, 4) is 39.9 Å². The highest BCUT2D eigenvalue weighted by Crippen LogP contribution is 2.57. The Bertz CT molecular complexity index is 2050. The standard InChI is InChI=1S/C36H38O16/c1-9-19-25(28(41)11(3)49-9)22(14-5-13(38)6-17(21(14)31(19)44)51-36-35(48)34(47)30(43)18(8-37)52-36)23-15(39)7-16(40)24-26(23)33(46)27-20(32(24)45)10(2)50-12(4)29(27)42/h5-7,9-12,18,28-30,34-44,47-48H,8H2,1-4H3/t9-,10-,11-,12-,18?,28-,29+,30?,34?,35?,36?/m1/s1. The average Bonchev–Trinajstić information content (AvgIpc) is 3.07. The summed E-state index contributed by atoms with van der Waals surface area (Å²) in [6.45, 7) is 5.31. The van der Waals surface area contributed by atoms with Gasteiger partial charge in [-0.2, -0.15) is 0 Å². The van der Waals surface area contributed by atoms with E-state index in [1.165, 1.54) is 20.8 Å². The van der Waals surface area contributed by atoms with Gasteiger partial charge in [-0.25, -0.2) is 0 Å². The zero-order valence-electron chi connectivity index (χ0n) is 28.2. The zero-order valence-corrected chi connectivity index (χ0v) is 28.2. The van der Waals surface area contributed by atoms with Gasteiger partial charge in [0.1, 0.15) is 65.4 Å². The van der Waals surface area contributed by atoms with Gasteiger partial charge >= 0.3 is 0 Å². The van der Waals surface area contributed by atoms with E-state index >= 15 is 0 Å². The van der Waals surface area contributed by atoms with Gasteiger partial charge in [0.05, 0.1) is 42.0 Å². The molecule has 3 aromatic carbocycles. The average molecular weight is 727 g/mol. The minimum absolute atomic E-state index is 0.0542. The van der Waals surface area contributed by atoms with Crippen molar-refractivity contribution in [1.82, 2.24) is 0 Å². The molecule has 4 aliphatic rings. The summed E-state index contributed by atoms with van der Waals surface area (Å²) in [4.78, 5) is 28.7. The molecule has 3 heterocycles. The molecule has 11 atom stereocenters. The van der Waals surface area contributed by atoms with E-state index in [9.17, 15) is 60.7 Å². The molecule has 7 rings (SSSR count). The van der Waals surface area contributed by atoms with Crippen molar-refractivity contribution >= 4 is 22.3 Å². The molecular weight excluding hydrogens is 688 g/mol. The molecule has 0 radical (unpaired) electrons. The van der Waals surface area contributed by atoms with Crippen molar-refractivity contribution < 1.29 is 79.6 Å². The Hall–Kier alpha value is -4.36. The van der Waals surface area contributed by atoms with Crippen LogP contribution in [0.5, 0.6) is 28.7 Å². The first kappa shape index (κ1) is 36.0. The van der Waals surface area contributed by atoms with Gasteiger partial charge in [-0.05, 0) is 33.8 Å². The first-order valence-electron chi connectivity index (χ1n) is 16.6. The molecule has 10 N–H and O–H groups in total. The van der Waals surface area contributed by atoms with Gasteiger partial charge in [-0.3, -0.25) is 9.59 Å². The monoisotopic (exact) mass is 726 g/mol. The topological polar surface area (TPSA) is 273 Å². The van der Waals surface area contributed by atoms with E-state index in [1.54, 1.807) is 6.92 Å². The van der Waals surface area contributed by atoms with Crippen molar-refractivity contribution in [3.63, 3.8) is 0 Å². The van der Waals surface area contributed by atoms with E-state index in [0.29, 0.717) is 0 Å². The van der Waals surface area contributed by atoms with Crippen LogP contribution in [0.1, 0.15) is 71.7 Å². The van der Waals surface area contributed by atoms with E-state index in [0.717, 1.165) is 18.2 Å². The number of carbonyl (C=O) groups is 2. The van der Waals surface area contributed by atoms with Gasteiger partial charge in [-0.1, -0.05) is 0 Å². The van der Waals surface area contributed by atoms with Crippen molar-refractivity contribution in [2.24, 2.45) is 0 Å². The molecule has 3 aromatic rings. The summed E-state index contributed by atoms with van der Waals surface area (Å²) < 4.78 is 23.0. The number of phenolic OH excluding ortho intramolecular Hbond substituents is 4. The molecule has 0 aromatic heterocycles. The largest absolute Gasteiger partial charge is 0.508 e. The highest BCUT2D eigenvalue weighted by atomic mass is 16.7. The van der Waals surface area contributed by atoms with Crippen molar-refractivity contribution in [3.05, 3.63) is 51.6 Å². The Morgan fingerprint density at radius 3 is 1.94 bits per heavy atom. The lowest BCUT2D eigenvalue weighted by molar-refractivity contribution is -0.277. The Morgan fingerprint density at radius 1 is 0.654 bits per heavy atom. The van der Waals surface area contributed by atoms with Crippen LogP contribution < -0.4 is 4.74 Å². The Kier molecular flexibility index (Phi) is 8.76. The quantitative estimate of drug-likeness (QED) is 0.179. The number of ketones is 2. The maximum absolute atomic E-state index is 14.6. The fraction of sp³-hybridized carbons (Fsp3) is 0.444. The highest BCUT2D eigenvalue weighted by Gasteiger charge is 2.49. The molecule has 3 aliphatic heterocycles. The number of hydrogen-bond acceptors (Lipinski definition) is 16. The smallest absolute Gasteiger partial charge is 0.229 e. The Balaban J connectivity index is 1.57. The molecule has 5 unspecified atom stereocenters. The van der Waals surface area contributed by atoms with Crippen molar-refractivity contribution in [2.45, 2.75) is 95.0 Å². The second-order valence-corrected chi connectivity index (χ2v) is 13.6. The molecule has 0 bridgehead atoms. The zero-order chi connectivity index (χ0) is 37.8. The van der Waals surface area contributed by atoms with Crippen LogP contribution in [0.3, 0.4) is 0 Å². The van der Waals surface area contributed by atoms with E-state index in [1.807, 2.05) is 0 Å². The fourth-order valence-electron chi connectivity index (χ4n) is 7.93. The van der Waals surface area contributed by atoms with Gasteiger partial charge in [0.25, 0.3) is 0 Å². The third kappa shape index (κ3) is 5.09. The number of Topliss-reactive ketones (excluding diaryl/α,β-unsaturated/α-hetero) is 2. The molecule has 1 aliphatic carbocycles. The second-order valence-electron chi connectivity index (χ2n) is 13.6. The van der Waals surface area contributed by atoms with Crippen LogP contribution in [0.15, 0.2) is 29.3 Å². The van der Waals surface area contributed by atoms with Gasteiger partial charge in [-0.15, -0.1) is 0 Å². The van der Waals surface area contributed by atoms with E-state index < -0.39 is 131 Å². The van der Waals surface area contributed by atoms with E-state index in [4.69, 9.17) is 18.9 Å². The normalized spacial score (nSPS) is 33.2. The molecule has 52 heavy (non-hydrogen) atoms. The lowest BCUT2D eigenvalue weighted by Gasteiger charge is -2.40. The molecule has 0 saturated carbocycles. The number of aromatic hydroxyl groups is 4. The number of phenols is 4. The number of rotatable bonds is 4. The van der Waals surface area contributed by atoms with E-state index in [2.05, 4.69) is 0 Å². The van der Waals surface area contributed by atoms with Gasteiger partial charge in [0.2, 0.25) is 6.29 Å². The number of aliphatic hydroxyl groups is 6. The number of aliphatic hydroxyl groups excluding tert-OH is 6. The Labute approximate surface area is 294 Å². The third-order valence-electron chi connectivity index (χ3n) is 10.4. The molecule has 1 saturated heterocycles. The summed E-state index contributed by atoms with van der Waals surface area (Å²) in [6, 6.07) is 2.97. The summed E-state index contributed by atoms with van der Waals surface area (Å²) in [5, 5.41) is 109. The van der Waals surface area contributed by atoms with Crippen LogP contribution in [0.25, 0.3) is 21.9 Å². The lowest BCUT2D eigenvalue weighted by atomic mass is 9.73. The minimum atomic E-state index is -1.91. The second kappa shape index (κ2) is 12.6. The number of fused-ring (bicyclic) bond motifs is 3. The summed E-state index contributed by atoms with van der Waals surface area (Å²) >= 11 is 0. The summed E-state index contributed by atoms with van der Waals surface area (Å²) in [5.74, 6) is -4.82. The molecule has 16 nitrogen and oxygen atoms in total. The predicted octanol–water partition coefficient (Wildman–Crippen LogP) is 0.865. The van der Waals surface area contributed by atoms with Crippen LogP contribution >= 0.6 is 0 Å². The molecule has 0 amide bonds. The summed E-state index contributed by atoms with van der Waals surface area (Å²) in [5.41, 5.74) is -2.27. The van der Waals surface area contributed by atoms with Crippen LogP contribution in [0, 0.1) is 0 Å². The van der Waals surface area contributed by atoms with Crippen LogP contribution in [0.4, 0.5) is 0 Å². The van der Waals surface area contributed by atoms with Gasteiger partial charge in [0, 0.05) is 56.5 Å². The Morgan fingerprint density at radius 2 is 1.27 bits per heavy atom. The molecule has 1 fully saturated rings. The van der Waals surface area contributed by atoms with Crippen molar-refractivity contribution in [1.29, 1.82) is 0 Å². The van der Waals surface area contributed by atoms with Gasteiger partial charge in [0.15, 0.2) is 11.6 Å². The molecule has 0 spiro atoms. The maximum Gasteiger partial charge on any atom is 0.229 e. The summed E-state index contributed by atoms with van der Waals surface area (Å²) in [6.07, 6.45) is -15.6. The first-order chi connectivity index (χ1) is 24.5. The predicted molar refractivity (Wildman–Crippen MR) is 176 cm³/mol. The van der Waals surface area contributed by atoms with Crippen LogP contribution in [-0.2, 0) is 14.2 Å². The van der Waals surface area contributed by atoms with Gasteiger partial charge < -0.3 is 70.0 Å². The molecular formula is C36H38O16. The van der Waals surface area contributed by atoms with Crippen LogP contribution in [0.2, 0.25) is 0 Å². The summed E-state index contributed by atoms with van der Waals surface area (Å²) in [7, 11) is 0. The number of carbonyl (C=O) groups excluding carboxylic acids is 2. The first-order valence-corrected chi connectivity index (χ1v) is 16.6. The third-order valence-corrected chi connectivity index (χ3v) is 10.4. The fourth-order valence-corrected chi connectivity index (χ4v) is 7.93. The molecule has 278 valence electrons. The SMILES string of the molecule is C[C@H]1O[C@H](C)[C@H](O)C2=C1C(=O)c1c(O)cc(O)c(-c3c4c(c(O)c5c(OC6OC(CO)C(O)C(O)C6O)cc(O)cc35)[C@@H](C)O[C@H](C)[C@H]4O)c1C2=O. The number of hydrogen-bond donors (Lipinski definition) is 10. The van der Waals surface area contributed by atoms with Crippen LogP contribution in [-0.4, -0.2) is 124 Å². The number of benzene rings is 3. The van der Waals surface area contributed by atoms with Crippen molar-refractivity contribution in [2.75, 3.05) is 6.61 Å². The highest BCUT2D eigenvalue weighted by molar-refractivity contribution is 6.32.